The highest BCUT2D eigenvalue weighted by Crippen LogP contribution is 2.54. The molecular formula is C16H24BrN. The first-order valence-corrected chi connectivity index (χ1v) is 7.80. The minimum Gasteiger partial charge on any atom is -0.313 e. The summed E-state index contributed by atoms with van der Waals surface area (Å²) in [7, 11) is 0. The summed E-state index contributed by atoms with van der Waals surface area (Å²) < 4.78 is 1.16. The third-order valence-electron chi connectivity index (χ3n) is 4.10. The lowest BCUT2D eigenvalue weighted by Gasteiger charge is -2.20. The lowest BCUT2D eigenvalue weighted by atomic mass is 9.97. The van der Waals surface area contributed by atoms with Gasteiger partial charge in [0.25, 0.3) is 0 Å². The van der Waals surface area contributed by atoms with E-state index in [2.05, 4.69) is 66.3 Å². The summed E-state index contributed by atoms with van der Waals surface area (Å²) >= 11 is 3.50. The van der Waals surface area contributed by atoms with Gasteiger partial charge in [-0.25, -0.2) is 0 Å². The number of rotatable bonds is 6. The van der Waals surface area contributed by atoms with Gasteiger partial charge in [-0.2, -0.15) is 0 Å². The zero-order valence-electron chi connectivity index (χ0n) is 11.7. The lowest BCUT2D eigenvalue weighted by Crippen LogP contribution is -2.35. The summed E-state index contributed by atoms with van der Waals surface area (Å²) in [4.78, 5) is 0. The van der Waals surface area contributed by atoms with E-state index in [1.807, 2.05) is 0 Å². The first-order valence-electron chi connectivity index (χ1n) is 7.01. The van der Waals surface area contributed by atoms with Crippen molar-refractivity contribution in [1.29, 1.82) is 0 Å². The average molecular weight is 310 g/mol. The molecule has 1 aliphatic carbocycles. The van der Waals surface area contributed by atoms with Gasteiger partial charge in [0.2, 0.25) is 0 Å². The molecule has 100 valence electrons. The van der Waals surface area contributed by atoms with Crippen molar-refractivity contribution < 1.29 is 0 Å². The fraction of sp³-hybridized carbons (Fsp3) is 0.625. The van der Waals surface area contributed by atoms with Crippen molar-refractivity contribution in [2.45, 2.75) is 46.1 Å². The Hall–Kier alpha value is -0.340. The summed E-state index contributed by atoms with van der Waals surface area (Å²) in [6.07, 6.45) is 3.73. The van der Waals surface area contributed by atoms with Gasteiger partial charge in [-0.3, -0.25) is 0 Å². The quantitative estimate of drug-likeness (QED) is 0.821. The van der Waals surface area contributed by atoms with Gasteiger partial charge in [-0.05, 0) is 54.8 Å². The fourth-order valence-electron chi connectivity index (χ4n) is 2.76. The lowest BCUT2D eigenvalue weighted by molar-refractivity contribution is 0.402. The smallest absolute Gasteiger partial charge is 0.0175 e. The highest BCUT2D eigenvalue weighted by atomic mass is 79.9. The zero-order chi connectivity index (χ0) is 13.2. The van der Waals surface area contributed by atoms with Gasteiger partial charge in [-0.15, -0.1) is 0 Å². The van der Waals surface area contributed by atoms with Gasteiger partial charge in [0.15, 0.2) is 0 Å². The molecule has 0 aliphatic heterocycles. The molecule has 1 aromatic rings. The largest absolute Gasteiger partial charge is 0.313 e. The number of benzene rings is 1. The van der Waals surface area contributed by atoms with Gasteiger partial charge < -0.3 is 5.32 Å². The Balaban J connectivity index is 1.99. The molecular weight excluding hydrogens is 286 g/mol. The van der Waals surface area contributed by atoms with Crippen LogP contribution < -0.4 is 5.32 Å². The molecule has 1 aromatic carbocycles. The molecule has 0 aromatic heterocycles. The molecule has 1 N–H and O–H groups in total. The van der Waals surface area contributed by atoms with Crippen LogP contribution in [-0.4, -0.2) is 12.6 Å². The predicted octanol–water partition coefficient (Wildman–Crippen LogP) is 4.41. The highest BCUT2D eigenvalue weighted by molar-refractivity contribution is 9.10. The predicted molar refractivity (Wildman–Crippen MR) is 81.8 cm³/mol. The van der Waals surface area contributed by atoms with Crippen LogP contribution in [0.4, 0.5) is 0 Å². The summed E-state index contributed by atoms with van der Waals surface area (Å²) in [5.74, 6) is 0.840. The van der Waals surface area contributed by atoms with Crippen molar-refractivity contribution in [1.82, 2.24) is 5.32 Å². The monoisotopic (exact) mass is 309 g/mol. The Kier molecular flexibility index (Phi) is 4.50. The van der Waals surface area contributed by atoms with Gasteiger partial charge in [-0.1, -0.05) is 48.8 Å². The summed E-state index contributed by atoms with van der Waals surface area (Å²) in [6.45, 7) is 8.15. The van der Waals surface area contributed by atoms with E-state index in [4.69, 9.17) is 0 Å². The minimum absolute atomic E-state index is 0.542. The van der Waals surface area contributed by atoms with Crippen molar-refractivity contribution in [3.63, 3.8) is 0 Å². The van der Waals surface area contributed by atoms with Crippen molar-refractivity contribution in [3.05, 3.63) is 34.3 Å². The average Bonchev–Trinajstić information content (AvgIpc) is 2.96. The molecule has 0 heterocycles. The molecule has 1 nitrogen and oxygen atoms in total. The maximum atomic E-state index is 3.74. The molecule has 0 amide bonds. The maximum Gasteiger partial charge on any atom is 0.0175 e. The summed E-state index contributed by atoms with van der Waals surface area (Å²) in [5, 5.41) is 3.74. The minimum atomic E-state index is 0.542. The Morgan fingerprint density at radius 1 is 1.33 bits per heavy atom. The number of hydrogen-bond acceptors (Lipinski definition) is 1. The van der Waals surface area contributed by atoms with Crippen LogP contribution in [0.25, 0.3) is 0 Å². The van der Waals surface area contributed by atoms with Crippen LogP contribution in [0, 0.1) is 11.3 Å². The van der Waals surface area contributed by atoms with Crippen LogP contribution in [0.3, 0.4) is 0 Å². The van der Waals surface area contributed by atoms with E-state index in [9.17, 15) is 0 Å². The van der Waals surface area contributed by atoms with Crippen molar-refractivity contribution in [2.24, 2.45) is 11.3 Å². The molecule has 0 spiro atoms. The van der Waals surface area contributed by atoms with Crippen LogP contribution in [0.5, 0.6) is 0 Å². The zero-order valence-corrected chi connectivity index (χ0v) is 13.3. The molecule has 0 radical (unpaired) electrons. The van der Waals surface area contributed by atoms with Crippen LogP contribution in [0.1, 0.15) is 39.2 Å². The van der Waals surface area contributed by atoms with E-state index >= 15 is 0 Å². The Morgan fingerprint density at radius 3 is 2.44 bits per heavy atom. The fourth-order valence-corrected chi connectivity index (χ4v) is 3.02. The SMILES string of the molecule is CCCNC(Cc1ccc(Br)cc1)C1CC1(C)C. The molecule has 0 saturated heterocycles. The Labute approximate surface area is 119 Å². The molecule has 2 unspecified atom stereocenters. The summed E-state index contributed by atoms with van der Waals surface area (Å²) in [6, 6.07) is 9.40. The molecule has 1 saturated carbocycles. The molecule has 2 atom stereocenters. The Bertz CT molecular complexity index is 383. The van der Waals surface area contributed by atoms with Gasteiger partial charge in [0.1, 0.15) is 0 Å². The van der Waals surface area contributed by atoms with E-state index in [1.54, 1.807) is 0 Å². The van der Waals surface area contributed by atoms with E-state index < -0.39 is 0 Å². The standard InChI is InChI=1S/C16H24BrN/c1-4-9-18-15(14-11-16(14,2)3)10-12-5-7-13(17)8-6-12/h5-8,14-15,18H,4,9-11H2,1-3H3. The first-order chi connectivity index (χ1) is 8.53. The van der Waals surface area contributed by atoms with Crippen molar-refractivity contribution in [2.75, 3.05) is 6.54 Å². The number of nitrogens with one attached hydrogen (secondary N) is 1. The third kappa shape index (κ3) is 3.58. The van der Waals surface area contributed by atoms with E-state index in [1.165, 1.54) is 18.4 Å². The van der Waals surface area contributed by atoms with Gasteiger partial charge >= 0.3 is 0 Å². The van der Waals surface area contributed by atoms with Crippen LogP contribution in [0.15, 0.2) is 28.7 Å². The van der Waals surface area contributed by atoms with Crippen LogP contribution in [-0.2, 0) is 6.42 Å². The highest BCUT2D eigenvalue weighted by Gasteiger charge is 2.49. The number of hydrogen-bond donors (Lipinski definition) is 1. The first kappa shape index (κ1) is 14.1. The molecule has 1 fully saturated rings. The second-order valence-electron chi connectivity index (χ2n) is 6.19. The molecule has 2 heteroatoms. The third-order valence-corrected chi connectivity index (χ3v) is 4.63. The van der Waals surface area contributed by atoms with Crippen molar-refractivity contribution in [3.8, 4) is 0 Å². The number of halogens is 1. The van der Waals surface area contributed by atoms with E-state index in [0.29, 0.717) is 11.5 Å². The molecule has 0 bridgehead atoms. The van der Waals surface area contributed by atoms with Crippen LogP contribution in [0.2, 0.25) is 0 Å². The molecule has 1 aliphatic rings. The normalized spacial score (nSPS) is 22.8. The Morgan fingerprint density at radius 2 is 1.94 bits per heavy atom. The van der Waals surface area contributed by atoms with Crippen LogP contribution >= 0.6 is 15.9 Å². The second kappa shape index (κ2) is 5.75. The van der Waals surface area contributed by atoms with Gasteiger partial charge in [0, 0.05) is 10.5 Å². The topological polar surface area (TPSA) is 12.0 Å². The molecule has 18 heavy (non-hydrogen) atoms. The van der Waals surface area contributed by atoms with E-state index in [0.717, 1.165) is 23.4 Å². The van der Waals surface area contributed by atoms with Crippen molar-refractivity contribution >= 4 is 15.9 Å². The molecule has 2 rings (SSSR count). The summed E-state index contributed by atoms with van der Waals surface area (Å²) in [5.41, 5.74) is 1.98. The van der Waals surface area contributed by atoms with Gasteiger partial charge in [0.05, 0.1) is 0 Å². The maximum absolute atomic E-state index is 3.74. The second-order valence-corrected chi connectivity index (χ2v) is 7.11. The van der Waals surface area contributed by atoms with E-state index in [-0.39, 0.29) is 0 Å².